The van der Waals surface area contributed by atoms with E-state index in [2.05, 4.69) is 5.10 Å². The first-order chi connectivity index (χ1) is 10.4. The van der Waals surface area contributed by atoms with E-state index in [4.69, 9.17) is 0 Å². The Kier molecular flexibility index (Phi) is 3.45. The summed E-state index contributed by atoms with van der Waals surface area (Å²) in [5.74, 6) is 0. The molecule has 9 heteroatoms. The highest BCUT2D eigenvalue weighted by molar-refractivity contribution is 7.89. The van der Waals surface area contributed by atoms with Crippen LogP contribution in [0, 0.1) is 10.1 Å². The van der Waals surface area contributed by atoms with Crippen molar-refractivity contribution in [2.75, 3.05) is 6.54 Å². The first-order valence-electron chi connectivity index (χ1n) is 6.63. The van der Waals surface area contributed by atoms with Crippen molar-refractivity contribution in [2.24, 2.45) is 7.05 Å². The van der Waals surface area contributed by atoms with Gasteiger partial charge in [0.2, 0.25) is 10.0 Å². The van der Waals surface area contributed by atoms with Crippen LogP contribution < -0.4 is 0 Å². The average molecular weight is 322 g/mol. The van der Waals surface area contributed by atoms with Crippen molar-refractivity contribution >= 4 is 15.7 Å². The molecule has 0 amide bonds. The summed E-state index contributed by atoms with van der Waals surface area (Å²) in [6.45, 7) is 0.482. The van der Waals surface area contributed by atoms with Crippen LogP contribution in [0.15, 0.2) is 35.5 Å². The highest BCUT2D eigenvalue weighted by Crippen LogP contribution is 2.27. The molecule has 116 valence electrons. The summed E-state index contributed by atoms with van der Waals surface area (Å²) in [5, 5.41) is 14.7. The second-order valence-corrected chi connectivity index (χ2v) is 7.09. The number of nitro benzene ring substituents is 1. The molecule has 2 aromatic rings. The predicted molar refractivity (Wildman–Crippen MR) is 77.6 cm³/mol. The van der Waals surface area contributed by atoms with Crippen LogP contribution in [0.1, 0.15) is 11.1 Å². The van der Waals surface area contributed by atoms with Crippen molar-refractivity contribution in [1.29, 1.82) is 0 Å². The lowest BCUT2D eigenvalue weighted by Crippen LogP contribution is -2.35. The molecule has 1 aromatic carbocycles. The largest absolute Gasteiger partial charge is 0.274 e. The topological polar surface area (TPSA) is 98.3 Å². The summed E-state index contributed by atoms with van der Waals surface area (Å²) in [6, 6.07) is 4.59. The van der Waals surface area contributed by atoms with Crippen molar-refractivity contribution in [3.63, 3.8) is 0 Å². The number of rotatable bonds is 3. The molecular weight excluding hydrogens is 308 g/mol. The monoisotopic (exact) mass is 322 g/mol. The molecule has 0 bridgehead atoms. The van der Waals surface area contributed by atoms with Gasteiger partial charge in [-0.3, -0.25) is 14.8 Å². The lowest BCUT2D eigenvalue weighted by atomic mass is 10.0. The molecule has 22 heavy (non-hydrogen) atoms. The molecule has 3 rings (SSSR count). The van der Waals surface area contributed by atoms with Gasteiger partial charge in [-0.2, -0.15) is 9.40 Å². The van der Waals surface area contributed by atoms with Gasteiger partial charge >= 0.3 is 0 Å². The third-order valence-corrected chi connectivity index (χ3v) is 5.49. The van der Waals surface area contributed by atoms with Gasteiger partial charge < -0.3 is 0 Å². The van der Waals surface area contributed by atoms with Crippen molar-refractivity contribution in [3.05, 3.63) is 51.8 Å². The van der Waals surface area contributed by atoms with E-state index < -0.39 is 14.9 Å². The van der Waals surface area contributed by atoms with E-state index in [1.165, 1.54) is 33.5 Å². The van der Waals surface area contributed by atoms with E-state index in [1.807, 2.05) is 0 Å². The van der Waals surface area contributed by atoms with Crippen LogP contribution in [-0.4, -0.2) is 34.0 Å². The number of hydrogen-bond donors (Lipinski definition) is 0. The Morgan fingerprint density at radius 3 is 2.73 bits per heavy atom. The molecule has 0 atom stereocenters. The van der Waals surface area contributed by atoms with Crippen LogP contribution >= 0.6 is 0 Å². The third kappa shape index (κ3) is 2.48. The SMILES string of the molecule is Cn1cc(S(=O)(=O)N2CCc3ccc([N+](=O)[O-])cc3C2)cn1. The van der Waals surface area contributed by atoms with Crippen molar-refractivity contribution in [1.82, 2.24) is 14.1 Å². The zero-order valence-corrected chi connectivity index (χ0v) is 12.7. The number of non-ortho nitro benzene ring substituents is 1. The molecule has 1 aromatic heterocycles. The van der Waals surface area contributed by atoms with E-state index in [0.717, 1.165) is 5.56 Å². The zero-order valence-electron chi connectivity index (χ0n) is 11.8. The van der Waals surface area contributed by atoms with Gasteiger partial charge in [0.1, 0.15) is 4.90 Å². The molecule has 0 aliphatic carbocycles. The number of hydrogen-bond acceptors (Lipinski definition) is 5. The molecule has 0 saturated heterocycles. The number of aryl methyl sites for hydroxylation is 1. The Morgan fingerprint density at radius 1 is 1.32 bits per heavy atom. The summed E-state index contributed by atoms with van der Waals surface area (Å²) in [7, 11) is -1.99. The number of benzene rings is 1. The molecule has 0 saturated carbocycles. The minimum absolute atomic E-state index is 0.0284. The van der Waals surface area contributed by atoms with Gasteiger partial charge in [0.25, 0.3) is 5.69 Å². The van der Waals surface area contributed by atoms with E-state index in [0.29, 0.717) is 18.5 Å². The Labute approximate surface area is 127 Å². The molecule has 1 aliphatic heterocycles. The molecule has 1 aliphatic rings. The molecular formula is C13H14N4O4S. The molecule has 0 unspecified atom stereocenters. The summed E-state index contributed by atoms with van der Waals surface area (Å²) < 4.78 is 27.9. The molecule has 0 fully saturated rings. The van der Waals surface area contributed by atoms with Gasteiger partial charge in [-0.05, 0) is 17.5 Å². The quantitative estimate of drug-likeness (QED) is 0.622. The number of fused-ring (bicyclic) bond motifs is 1. The fourth-order valence-corrected chi connectivity index (χ4v) is 3.92. The van der Waals surface area contributed by atoms with Crippen molar-refractivity contribution < 1.29 is 13.3 Å². The van der Waals surface area contributed by atoms with Crippen molar-refractivity contribution in [2.45, 2.75) is 17.9 Å². The van der Waals surface area contributed by atoms with Gasteiger partial charge in [-0.1, -0.05) is 6.07 Å². The van der Waals surface area contributed by atoms with Gasteiger partial charge in [-0.15, -0.1) is 0 Å². The smallest absolute Gasteiger partial charge is 0.269 e. The second kappa shape index (κ2) is 5.18. The Morgan fingerprint density at radius 2 is 2.09 bits per heavy atom. The van der Waals surface area contributed by atoms with Crippen LogP contribution in [0.4, 0.5) is 5.69 Å². The highest BCUT2D eigenvalue weighted by Gasteiger charge is 2.30. The normalized spacial score (nSPS) is 15.5. The van der Waals surface area contributed by atoms with Crippen molar-refractivity contribution in [3.8, 4) is 0 Å². The molecule has 0 spiro atoms. The maximum absolute atomic E-state index is 12.6. The molecule has 8 nitrogen and oxygen atoms in total. The maximum atomic E-state index is 12.6. The lowest BCUT2D eigenvalue weighted by molar-refractivity contribution is -0.385. The van der Waals surface area contributed by atoms with Gasteiger partial charge in [0.05, 0.1) is 11.1 Å². The average Bonchev–Trinajstić information content (AvgIpc) is 2.93. The third-order valence-electron chi connectivity index (χ3n) is 3.70. The van der Waals surface area contributed by atoms with E-state index >= 15 is 0 Å². The fourth-order valence-electron chi connectivity index (χ4n) is 2.52. The lowest BCUT2D eigenvalue weighted by Gasteiger charge is -2.27. The number of nitrogens with zero attached hydrogens (tertiary/aromatic N) is 4. The molecule has 0 radical (unpaired) electrons. The van der Waals surface area contributed by atoms with Crippen LogP contribution in [0.2, 0.25) is 0 Å². The van der Waals surface area contributed by atoms with E-state index in [-0.39, 0.29) is 17.1 Å². The van der Waals surface area contributed by atoms with Crippen LogP contribution in [0.5, 0.6) is 0 Å². The molecule has 2 heterocycles. The van der Waals surface area contributed by atoms with Crippen LogP contribution in [-0.2, 0) is 30.0 Å². The minimum Gasteiger partial charge on any atom is -0.274 e. The minimum atomic E-state index is -3.64. The Bertz CT molecular complexity index is 843. The molecule has 0 N–H and O–H groups in total. The van der Waals surface area contributed by atoms with Crippen LogP contribution in [0.25, 0.3) is 0 Å². The Hall–Kier alpha value is -2.26. The van der Waals surface area contributed by atoms with E-state index in [1.54, 1.807) is 13.1 Å². The van der Waals surface area contributed by atoms with E-state index in [9.17, 15) is 18.5 Å². The first kappa shape index (κ1) is 14.7. The second-order valence-electron chi connectivity index (χ2n) is 5.15. The van der Waals surface area contributed by atoms with Gasteiger partial charge in [0.15, 0.2) is 0 Å². The number of nitro groups is 1. The summed E-state index contributed by atoms with van der Waals surface area (Å²) >= 11 is 0. The zero-order chi connectivity index (χ0) is 15.9. The highest BCUT2D eigenvalue weighted by atomic mass is 32.2. The fraction of sp³-hybridized carbons (Fsp3) is 0.308. The number of aromatic nitrogens is 2. The standard InChI is InChI=1S/C13H14N4O4S/c1-15-9-13(7-14-15)22(20,21)16-5-4-10-2-3-12(17(18)19)6-11(10)8-16/h2-3,6-7,9H,4-5,8H2,1H3. The predicted octanol–water partition coefficient (Wildman–Crippen LogP) is 1.08. The van der Waals surface area contributed by atoms with Crippen LogP contribution in [0.3, 0.4) is 0 Å². The number of sulfonamides is 1. The van der Waals surface area contributed by atoms with Gasteiger partial charge in [0, 0.05) is 38.5 Å². The Balaban J connectivity index is 1.93. The summed E-state index contributed by atoms with van der Waals surface area (Å²) in [6.07, 6.45) is 3.28. The first-order valence-corrected chi connectivity index (χ1v) is 8.07. The maximum Gasteiger partial charge on any atom is 0.269 e. The summed E-state index contributed by atoms with van der Waals surface area (Å²) in [5.41, 5.74) is 1.59. The summed E-state index contributed by atoms with van der Waals surface area (Å²) in [4.78, 5) is 10.5. The van der Waals surface area contributed by atoms with Gasteiger partial charge in [-0.25, -0.2) is 8.42 Å².